The van der Waals surface area contributed by atoms with E-state index in [-0.39, 0.29) is 16.0 Å². The van der Waals surface area contributed by atoms with Crippen LogP contribution in [0.2, 0.25) is 0 Å². The van der Waals surface area contributed by atoms with Gasteiger partial charge in [-0.3, -0.25) is 0 Å². The SMILES string of the molecule is CC1(C)CCN(S(=O)(=O)c2cc(N)c(Br)cc2F)C1. The normalized spacial score (nSPS) is 19.8. The molecule has 1 aliphatic rings. The summed E-state index contributed by atoms with van der Waals surface area (Å²) in [7, 11) is -3.82. The van der Waals surface area contributed by atoms with Gasteiger partial charge in [0, 0.05) is 23.2 Å². The molecule has 0 radical (unpaired) electrons. The monoisotopic (exact) mass is 350 g/mol. The maximum atomic E-state index is 13.9. The van der Waals surface area contributed by atoms with E-state index in [0.717, 1.165) is 12.5 Å². The lowest BCUT2D eigenvalue weighted by Gasteiger charge is -2.20. The molecule has 1 aromatic carbocycles. The molecule has 1 aliphatic heterocycles. The third kappa shape index (κ3) is 2.78. The highest BCUT2D eigenvalue weighted by molar-refractivity contribution is 9.10. The van der Waals surface area contributed by atoms with Gasteiger partial charge in [0.15, 0.2) is 0 Å². The molecule has 0 aliphatic carbocycles. The molecule has 2 rings (SSSR count). The minimum atomic E-state index is -3.82. The number of hydrogen-bond acceptors (Lipinski definition) is 3. The van der Waals surface area contributed by atoms with Crippen LogP contribution >= 0.6 is 15.9 Å². The number of halogens is 2. The highest BCUT2D eigenvalue weighted by Gasteiger charge is 2.38. The van der Waals surface area contributed by atoms with E-state index in [1.54, 1.807) is 0 Å². The van der Waals surface area contributed by atoms with Gasteiger partial charge in [-0.1, -0.05) is 13.8 Å². The van der Waals surface area contributed by atoms with E-state index in [1.165, 1.54) is 10.4 Å². The molecule has 1 aromatic rings. The fourth-order valence-electron chi connectivity index (χ4n) is 2.15. The van der Waals surface area contributed by atoms with E-state index in [4.69, 9.17) is 5.73 Å². The van der Waals surface area contributed by atoms with Crippen molar-refractivity contribution in [2.75, 3.05) is 18.8 Å². The molecule has 1 heterocycles. The topological polar surface area (TPSA) is 63.4 Å². The second-order valence-electron chi connectivity index (χ2n) is 5.56. The number of hydrogen-bond donors (Lipinski definition) is 1. The quantitative estimate of drug-likeness (QED) is 0.833. The Labute approximate surface area is 121 Å². The lowest BCUT2D eigenvalue weighted by Crippen LogP contribution is -2.31. The zero-order valence-electron chi connectivity index (χ0n) is 10.8. The molecular weight excluding hydrogens is 335 g/mol. The van der Waals surface area contributed by atoms with Crippen molar-refractivity contribution in [1.82, 2.24) is 4.31 Å². The van der Waals surface area contributed by atoms with Crippen LogP contribution in [0.25, 0.3) is 0 Å². The van der Waals surface area contributed by atoms with Crippen LogP contribution in [-0.4, -0.2) is 25.8 Å². The van der Waals surface area contributed by atoms with Gasteiger partial charge in [-0.15, -0.1) is 0 Å². The molecule has 1 fully saturated rings. The van der Waals surface area contributed by atoms with E-state index in [0.29, 0.717) is 17.6 Å². The summed E-state index contributed by atoms with van der Waals surface area (Å²) in [5.74, 6) is -0.786. The molecule has 0 aromatic heterocycles. The minimum Gasteiger partial charge on any atom is -0.398 e. The van der Waals surface area contributed by atoms with Crippen molar-refractivity contribution in [3.05, 3.63) is 22.4 Å². The third-order valence-electron chi connectivity index (χ3n) is 3.31. The smallest absolute Gasteiger partial charge is 0.246 e. The Kier molecular flexibility index (Phi) is 3.66. The van der Waals surface area contributed by atoms with Crippen LogP contribution in [0.1, 0.15) is 20.3 Å². The molecule has 0 unspecified atom stereocenters. The summed E-state index contributed by atoms with van der Waals surface area (Å²) in [5, 5.41) is 0. The molecule has 106 valence electrons. The van der Waals surface area contributed by atoms with E-state index >= 15 is 0 Å². The van der Waals surface area contributed by atoms with Gasteiger partial charge in [0.2, 0.25) is 10.0 Å². The molecule has 0 spiro atoms. The lowest BCUT2D eigenvalue weighted by atomic mass is 9.93. The molecule has 19 heavy (non-hydrogen) atoms. The zero-order valence-corrected chi connectivity index (χ0v) is 13.2. The average molecular weight is 351 g/mol. The van der Waals surface area contributed by atoms with Crippen molar-refractivity contribution < 1.29 is 12.8 Å². The Bertz CT molecular complexity index is 616. The van der Waals surface area contributed by atoms with Gasteiger partial charge in [-0.25, -0.2) is 12.8 Å². The van der Waals surface area contributed by atoms with Crippen molar-refractivity contribution in [3.63, 3.8) is 0 Å². The van der Waals surface area contributed by atoms with Gasteiger partial charge in [0.05, 0.1) is 0 Å². The molecule has 0 saturated carbocycles. The van der Waals surface area contributed by atoms with Crippen LogP contribution in [0.15, 0.2) is 21.5 Å². The second-order valence-corrected chi connectivity index (χ2v) is 8.32. The van der Waals surface area contributed by atoms with Crippen molar-refractivity contribution in [3.8, 4) is 0 Å². The standard InChI is InChI=1S/C12H16BrFN2O2S/c1-12(2)3-4-16(7-12)19(17,18)11-6-10(15)8(13)5-9(11)14/h5-6H,3-4,7,15H2,1-2H3. The third-order valence-corrected chi connectivity index (χ3v) is 5.86. The van der Waals surface area contributed by atoms with Crippen LogP contribution < -0.4 is 5.73 Å². The number of nitrogens with zero attached hydrogens (tertiary/aromatic N) is 1. The van der Waals surface area contributed by atoms with Crippen molar-refractivity contribution in [1.29, 1.82) is 0 Å². The van der Waals surface area contributed by atoms with Crippen molar-refractivity contribution in [2.24, 2.45) is 5.41 Å². The summed E-state index contributed by atoms with van der Waals surface area (Å²) < 4.78 is 40.4. The molecular formula is C12H16BrFN2O2S. The Balaban J connectivity index is 2.44. The van der Waals surface area contributed by atoms with E-state index in [9.17, 15) is 12.8 Å². The van der Waals surface area contributed by atoms with Gasteiger partial charge >= 0.3 is 0 Å². The summed E-state index contributed by atoms with van der Waals surface area (Å²) in [5.41, 5.74) is 5.77. The zero-order chi connectivity index (χ0) is 14.4. The van der Waals surface area contributed by atoms with Crippen molar-refractivity contribution in [2.45, 2.75) is 25.2 Å². The van der Waals surface area contributed by atoms with Crippen LogP contribution in [0.5, 0.6) is 0 Å². The van der Waals surface area contributed by atoms with Gasteiger partial charge in [0.25, 0.3) is 0 Å². The second kappa shape index (κ2) is 4.71. The van der Waals surface area contributed by atoms with Crippen molar-refractivity contribution >= 4 is 31.6 Å². The van der Waals surface area contributed by atoms with Crippen LogP contribution in [0, 0.1) is 11.2 Å². The molecule has 2 N–H and O–H groups in total. The Morgan fingerprint density at radius 1 is 1.42 bits per heavy atom. The first-order chi connectivity index (χ1) is 8.63. The number of benzene rings is 1. The van der Waals surface area contributed by atoms with E-state index in [2.05, 4.69) is 15.9 Å². The van der Waals surface area contributed by atoms with Crippen LogP contribution in [0.4, 0.5) is 10.1 Å². The molecule has 0 amide bonds. The minimum absolute atomic E-state index is 0.0789. The Morgan fingerprint density at radius 3 is 2.58 bits per heavy atom. The highest BCUT2D eigenvalue weighted by Crippen LogP contribution is 2.34. The van der Waals surface area contributed by atoms with E-state index < -0.39 is 15.8 Å². The number of nitrogens with two attached hydrogens (primary N) is 1. The molecule has 7 heteroatoms. The predicted octanol–water partition coefficient (Wildman–Crippen LogP) is 2.59. The van der Waals surface area contributed by atoms with Crippen LogP contribution in [-0.2, 0) is 10.0 Å². The largest absolute Gasteiger partial charge is 0.398 e. The maximum Gasteiger partial charge on any atom is 0.246 e. The first-order valence-electron chi connectivity index (χ1n) is 5.88. The van der Waals surface area contributed by atoms with Gasteiger partial charge in [0.1, 0.15) is 10.7 Å². The first kappa shape index (κ1) is 14.7. The fraction of sp³-hybridized carbons (Fsp3) is 0.500. The Hall–Kier alpha value is -0.660. The summed E-state index contributed by atoms with van der Waals surface area (Å²) in [4.78, 5) is -0.356. The van der Waals surface area contributed by atoms with Crippen LogP contribution in [0.3, 0.4) is 0 Å². The molecule has 1 saturated heterocycles. The predicted molar refractivity (Wildman–Crippen MR) is 75.7 cm³/mol. The highest BCUT2D eigenvalue weighted by atomic mass is 79.9. The summed E-state index contributed by atoms with van der Waals surface area (Å²) in [6.07, 6.45) is 0.764. The Morgan fingerprint density at radius 2 is 2.05 bits per heavy atom. The molecule has 4 nitrogen and oxygen atoms in total. The maximum absolute atomic E-state index is 13.9. The molecule has 0 bridgehead atoms. The first-order valence-corrected chi connectivity index (χ1v) is 8.11. The van der Waals surface area contributed by atoms with Gasteiger partial charge in [-0.2, -0.15) is 4.31 Å². The van der Waals surface area contributed by atoms with E-state index in [1.807, 2.05) is 13.8 Å². The lowest BCUT2D eigenvalue weighted by molar-refractivity contribution is 0.374. The molecule has 0 atom stereocenters. The fourth-order valence-corrected chi connectivity index (χ4v) is 4.18. The number of rotatable bonds is 2. The summed E-state index contributed by atoms with van der Waals surface area (Å²) in [6, 6.07) is 2.25. The number of anilines is 1. The van der Waals surface area contributed by atoms with Gasteiger partial charge < -0.3 is 5.73 Å². The average Bonchev–Trinajstić information content (AvgIpc) is 2.64. The van der Waals surface area contributed by atoms with Gasteiger partial charge in [-0.05, 0) is 39.9 Å². The number of nitrogen functional groups attached to an aromatic ring is 1. The summed E-state index contributed by atoms with van der Waals surface area (Å²) in [6.45, 7) is 4.79. The summed E-state index contributed by atoms with van der Waals surface area (Å²) >= 11 is 3.08. The number of sulfonamides is 1.